The van der Waals surface area contributed by atoms with E-state index in [9.17, 15) is 4.79 Å². The zero-order valence-corrected chi connectivity index (χ0v) is 11.3. The monoisotopic (exact) mass is 263 g/mol. The van der Waals surface area contributed by atoms with Gasteiger partial charge in [-0.25, -0.2) is 0 Å². The van der Waals surface area contributed by atoms with Crippen molar-refractivity contribution in [3.8, 4) is 0 Å². The van der Waals surface area contributed by atoms with Gasteiger partial charge in [-0.15, -0.1) is 0 Å². The van der Waals surface area contributed by atoms with Crippen molar-refractivity contribution in [2.45, 2.75) is 26.2 Å². The van der Waals surface area contributed by atoms with Crippen molar-refractivity contribution in [2.75, 3.05) is 13.2 Å². The Morgan fingerprint density at radius 1 is 1.37 bits per heavy atom. The number of nitrogens with one attached hydrogen (secondary N) is 1. The first-order valence-electron chi connectivity index (χ1n) is 6.47. The molecule has 1 aromatic rings. The van der Waals surface area contributed by atoms with Crippen molar-refractivity contribution >= 4 is 11.7 Å². The summed E-state index contributed by atoms with van der Waals surface area (Å²) in [4.78, 5) is 16.1. The summed E-state index contributed by atoms with van der Waals surface area (Å²) in [6, 6.07) is 10.0. The third kappa shape index (κ3) is 7.08. The molecule has 104 valence electrons. The highest BCUT2D eigenvalue weighted by atomic mass is 16.6. The number of benzene rings is 1. The summed E-state index contributed by atoms with van der Waals surface area (Å²) >= 11 is 0. The molecule has 0 atom stereocenters. The molecule has 0 aliphatic rings. The van der Waals surface area contributed by atoms with Gasteiger partial charge in [0.15, 0.2) is 6.61 Å². The van der Waals surface area contributed by atoms with E-state index in [1.807, 2.05) is 37.3 Å². The molecule has 1 amide bonds. The zero-order valence-electron chi connectivity index (χ0n) is 11.3. The zero-order chi connectivity index (χ0) is 13.9. The molecule has 0 aliphatic heterocycles. The van der Waals surface area contributed by atoms with Gasteiger partial charge in [-0.1, -0.05) is 42.4 Å². The van der Waals surface area contributed by atoms with Crippen molar-refractivity contribution in [1.29, 1.82) is 0 Å². The van der Waals surface area contributed by atoms with Crippen LogP contribution in [0.1, 0.15) is 25.3 Å². The minimum absolute atomic E-state index is 0.0912. The molecule has 0 spiro atoms. The third-order valence-electron chi connectivity index (χ3n) is 2.46. The number of rotatable bonds is 8. The Hall–Kier alpha value is -2.04. The van der Waals surface area contributed by atoms with Crippen molar-refractivity contribution in [3.63, 3.8) is 0 Å². The lowest BCUT2D eigenvalue weighted by atomic mass is 10.1. The van der Waals surface area contributed by atoms with E-state index in [1.54, 1.807) is 0 Å². The van der Waals surface area contributed by atoms with E-state index in [4.69, 9.17) is 10.6 Å². The second kappa shape index (κ2) is 8.97. The summed E-state index contributed by atoms with van der Waals surface area (Å²) in [7, 11) is 0. The van der Waals surface area contributed by atoms with Crippen molar-refractivity contribution in [2.24, 2.45) is 10.9 Å². The second-order valence-corrected chi connectivity index (χ2v) is 4.19. The summed E-state index contributed by atoms with van der Waals surface area (Å²) in [6.07, 6.45) is 2.32. The average Bonchev–Trinajstić information content (AvgIpc) is 2.44. The van der Waals surface area contributed by atoms with Crippen LogP contribution in [0.4, 0.5) is 0 Å². The molecule has 5 nitrogen and oxygen atoms in total. The fourth-order valence-corrected chi connectivity index (χ4v) is 1.45. The number of oxime groups is 1. The number of hydrogen-bond acceptors (Lipinski definition) is 3. The Balaban J connectivity index is 2.20. The first-order valence-corrected chi connectivity index (χ1v) is 6.47. The van der Waals surface area contributed by atoms with Gasteiger partial charge in [-0.3, -0.25) is 4.79 Å². The number of nitrogens with zero attached hydrogens (tertiary/aromatic N) is 1. The van der Waals surface area contributed by atoms with Crippen LogP contribution in [-0.2, 0) is 16.1 Å². The van der Waals surface area contributed by atoms with Crippen LogP contribution in [0.3, 0.4) is 0 Å². The van der Waals surface area contributed by atoms with Crippen LogP contribution in [-0.4, -0.2) is 24.9 Å². The Bertz CT molecular complexity index is 404. The van der Waals surface area contributed by atoms with Crippen molar-refractivity contribution in [1.82, 2.24) is 5.32 Å². The highest BCUT2D eigenvalue weighted by Crippen LogP contribution is 2.02. The van der Waals surface area contributed by atoms with Gasteiger partial charge in [0.2, 0.25) is 0 Å². The standard InChI is InChI=1S/C14H21N3O2/c1-2-10-16-14(18)11-19-17-13(15)9-8-12-6-4-3-5-7-12/h3-7H,2,8-11H2,1H3,(H2,15,17)(H,16,18). The van der Waals surface area contributed by atoms with Gasteiger partial charge in [-0.2, -0.15) is 0 Å². The van der Waals surface area contributed by atoms with E-state index >= 15 is 0 Å². The maximum absolute atomic E-state index is 11.2. The van der Waals surface area contributed by atoms with Crippen LogP contribution < -0.4 is 11.1 Å². The van der Waals surface area contributed by atoms with E-state index in [2.05, 4.69) is 10.5 Å². The molecule has 1 rings (SSSR count). The summed E-state index contributed by atoms with van der Waals surface area (Å²) in [5, 5.41) is 6.41. The second-order valence-electron chi connectivity index (χ2n) is 4.19. The molecule has 0 bridgehead atoms. The first-order chi connectivity index (χ1) is 9.22. The Kier molecular flexibility index (Phi) is 7.09. The van der Waals surface area contributed by atoms with Crippen LogP contribution in [0.25, 0.3) is 0 Å². The molecule has 0 unspecified atom stereocenters. The molecule has 0 saturated carbocycles. The minimum Gasteiger partial charge on any atom is -0.384 e. The minimum atomic E-state index is -0.179. The molecule has 3 N–H and O–H groups in total. The van der Waals surface area contributed by atoms with Gasteiger partial charge in [-0.05, 0) is 18.4 Å². The SMILES string of the molecule is CCCNC(=O)CO/N=C(\N)CCc1ccccc1. The topological polar surface area (TPSA) is 76.7 Å². The number of aryl methyl sites for hydroxylation is 1. The summed E-state index contributed by atoms with van der Waals surface area (Å²) in [6.45, 7) is 2.54. The molecule has 0 radical (unpaired) electrons. The van der Waals surface area contributed by atoms with Crippen LogP contribution in [0, 0.1) is 0 Å². The van der Waals surface area contributed by atoms with Crippen molar-refractivity contribution < 1.29 is 9.63 Å². The van der Waals surface area contributed by atoms with E-state index in [0.29, 0.717) is 18.8 Å². The Morgan fingerprint density at radius 2 is 2.11 bits per heavy atom. The lowest BCUT2D eigenvalue weighted by Crippen LogP contribution is -2.27. The fourth-order valence-electron chi connectivity index (χ4n) is 1.45. The van der Waals surface area contributed by atoms with Gasteiger partial charge < -0.3 is 15.9 Å². The van der Waals surface area contributed by atoms with Crippen molar-refractivity contribution in [3.05, 3.63) is 35.9 Å². The van der Waals surface area contributed by atoms with E-state index < -0.39 is 0 Å². The smallest absolute Gasteiger partial charge is 0.260 e. The van der Waals surface area contributed by atoms with Crippen LogP contribution in [0.5, 0.6) is 0 Å². The Labute approximate surface area is 113 Å². The molecule has 0 aliphatic carbocycles. The van der Waals surface area contributed by atoms with E-state index in [-0.39, 0.29) is 12.5 Å². The average molecular weight is 263 g/mol. The van der Waals surface area contributed by atoms with E-state index in [1.165, 1.54) is 5.56 Å². The number of carbonyl (C=O) groups is 1. The van der Waals surface area contributed by atoms with Gasteiger partial charge in [0.1, 0.15) is 5.84 Å². The first kappa shape index (κ1) is 15.0. The molecule has 0 heterocycles. The predicted octanol–water partition coefficient (Wildman–Crippen LogP) is 1.43. The molecule has 0 fully saturated rings. The molecule has 0 saturated heterocycles. The maximum atomic E-state index is 11.2. The van der Waals surface area contributed by atoms with Gasteiger partial charge in [0, 0.05) is 13.0 Å². The maximum Gasteiger partial charge on any atom is 0.260 e. The van der Waals surface area contributed by atoms with Crippen LogP contribution in [0.2, 0.25) is 0 Å². The van der Waals surface area contributed by atoms with Crippen LogP contribution >= 0.6 is 0 Å². The highest BCUT2D eigenvalue weighted by Gasteiger charge is 2.00. The predicted molar refractivity (Wildman–Crippen MR) is 75.6 cm³/mol. The quantitative estimate of drug-likeness (QED) is 0.423. The molecule has 5 heteroatoms. The Morgan fingerprint density at radius 3 is 2.79 bits per heavy atom. The number of nitrogens with two attached hydrogens (primary N) is 1. The highest BCUT2D eigenvalue weighted by molar-refractivity contribution is 5.80. The third-order valence-corrected chi connectivity index (χ3v) is 2.46. The molecular formula is C14H21N3O2. The lowest BCUT2D eigenvalue weighted by molar-refractivity contribution is -0.125. The molecule has 0 aromatic heterocycles. The summed E-state index contributed by atoms with van der Waals surface area (Å²) in [5.41, 5.74) is 6.90. The number of amidine groups is 1. The fraction of sp³-hybridized carbons (Fsp3) is 0.429. The number of amides is 1. The number of hydrogen-bond donors (Lipinski definition) is 2. The van der Waals surface area contributed by atoms with Gasteiger partial charge in [0.05, 0.1) is 0 Å². The van der Waals surface area contributed by atoms with Crippen LogP contribution in [0.15, 0.2) is 35.5 Å². The number of carbonyl (C=O) groups excluding carboxylic acids is 1. The lowest BCUT2D eigenvalue weighted by Gasteiger charge is -2.03. The molecule has 1 aromatic carbocycles. The normalized spacial score (nSPS) is 11.1. The van der Waals surface area contributed by atoms with Gasteiger partial charge in [0.25, 0.3) is 5.91 Å². The largest absolute Gasteiger partial charge is 0.384 e. The van der Waals surface area contributed by atoms with E-state index in [0.717, 1.165) is 12.8 Å². The van der Waals surface area contributed by atoms with Gasteiger partial charge >= 0.3 is 0 Å². The molecular weight excluding hydrogens is 242 g/mol. The summed E-state index contributed by atoms with van der Waals surface area (Å²) < 4.78 is 0. The molecule has 19 heavy (non-hydrogen) atoms. The summed E-state index contributed by atoms with van der Waals surface area (Å²) in [5.74, 6) is 0.216.